The molecule has 0 atom stereocenters. The largest absolute Gasteiger partial charge is 0.454 e. The fourth-order valence-corrected chi connectivity index (χ4v) is 1.32. The lowest BCUT2D eigenvalue weighted by Gasteiger charge is -2.06. The molecule has 0 radical (unpaired) electrons. The van der Waals surface area contributed by atoms with E-state index in [4.69, 9.17) is 11.6 Å². The van der Waals surface area contributed by atoms with E-state index in [2.05, 4.69) is 20.9 Å². The smallest absolute Gasteiger partial charge is 0.284 e. The van der Waals surface area contributed by atoms with E-state index in [9.17, 15) is 18.0 Å². The van der Waals surface area contributed by atoms with Gasteiger partial charge in [0, 0.05) is 11.8 Å². The lowest BCUT2D eigenvalue weighted by molar-refractivity contribution is -0.0885. The van der Waals surface area contributed by atoms with Crippen LogP contribution in [0.15, 0.2) is 16.7 Å². The summed E-state index contributed by atoms with van der Waals surface area (Å²) in [6, 6.07) is 0.950. The lowest BCUT2D eigenvalue weighted by Crippen LogP contribution is -2.23. The van der Waals surface area contributed by atoms with Crippen LogP contribution in [0.1, 0.15) is 10.4 Å². The van der Waals surface area contributed by atoms with Gasteiger partial charge >= 0.3 is 6.18 Å². The van der Waals surface area contributed by atoms with Gasteiger partial charge in [-0.15, -0.1) is 0 Å². The molecule has 0 fully saturated rings. The topological polar surface area (TPSA) is 30.0 Å². The van der Waals surface area contributed by atoms with Gasteiger partial charge in [0.1, 0.15) is 5.15 Å². The molecule has 0 saturated heterocycles. The summed E-state index contributed by atoms with van der Waals surface area (Å²) in [5, 5.41) is -0.180. The summed E-state index contributed by atoms with van der Waals surface area (Å²) in [4.78, 5) is 14.3. The Morgan fingerprint density at radius 1 is 1.50 bits per heavy atom. The molecule has 1 heterocycles. The highest BCUT2D eigenvalue weighted by atomic mass is 79.9. The Morgan fingerprint density at radius 3 is 2.57 bits per heavy atom. The number of nitrogens with zero attached hydrogens (tertiary/aromatic N) is 1. The second-order valence-corrected chi connectivity index (χ2v) is 3.44. The molecule has 0 saturated carbocycles. The highest BCUT2D eigenvalue weighted by Gasteiger charge is 2.40. The molecular formula is C7H2BrClF3NO. The van der Waals surface area contributed by atoms with Crippen molar-refractivity contribution in [2.24, 2.45) is 0 Å². The number of carbonyl (C=O) groups is 1. The van der Waals surface area contributed by atoms with Crippen molar-refractivity contribution in [1.29, 1.82) is 0 Å². The third-order valence-electron chi connectivity index (χ3n) is 1.35. The maximum absolute atomic E-state index is 12.0. The first-order valence-corrected chi connectivity index (χ1v) is 4.42. The molecule has 0 aliphatic heterocycles. The Hall–Kier alpha value is -0.620. The number of ketones is 1. The zero-order valence-electron chi connectivity index (χ0n) is 6.40. The van der Waals surface area contributed by atoms with Crippen LogP contribution >= 0.6 is 27.5 Å². The van der Waals surface area contributed by atoms with Crippen LogP contribution in [0, 0.1) is 0 Å². The fraction of sp³-hybridized carbons (Fsp3) is 0.143. The van der Waals surface area contributed by atoms with Crippen molar-refractivity contribution in [3.05, 3.63) is 27.5 Å². The third kappa shape index (κ3) is 2.24. The average Bonchev–Trinajstić information content (AvgIpc) is 2.07. The van der Waals surface area contributed by atoms with Gasteiger partial charge in [0.2, 0.25) is 0 Å². The van der Waals surface area contributed by atoms with Crippen LogP contribution in [-0.2, 0) is 0 Å². The van der Waals surface area contributed by atoms with E-state index in [1.165, 1.54) is 0 Å². The summed E-state index contributed by atoms with van der Waals surface area (Å²) in [6.45, 7) is 0. The number of alkyl halides is 3. The summed E-state index contributed by atoms with van der Waals surface area (Å²) < 4.78 is 35.9. The Morgan fingerprint density at radius 2 is 2.07 bits per heavy atom. The maximum Gasteiger partial charge on any atom is 0.454 e. The van der Waals surface area contributed by atoms with Gasteiger partial charge in [0.25, 0.3) is 5.78 Å². The lowest BCUT2D eigenvalue weighted by atomic mass is 10.2. The molecule has 7 heteroatoms. The molecule has 1 rings (SSSR count). The molecule has 0 aliphatic rings. The van der Waals surface area contributed by atoms with Gasteiger partial charge < -0.3 is 0 Å². The predicted molar refractivity (Wildman–Crippen MR) is 47.3 cm³/mol. The second-order valence-electron chi connectivity index (χ2n) is 2.29. The zero-order valence-corrected chi connectivity index (χ0v) is 8.74. The first kappa shape index (κ1) is 11.5. The summed E-state index contributed by atoms with van der Waals surface area (Å²) in [5.74, 6) is -1.95. The Balaban J connectivity index is 3.21. The van der Waals surface area contributed by atoms with Crippen LogP contribution in [0.5, 0.6) is 0 Å². The van der Waals surface area contributed by atoms with Gasteiger partial charge in [-0.1, -0.05) is 11.6 Å². The molecule has 1 aromatic rings. The van der Waals surface area contributed by atoms with Crippen molar-refractivity contribution in [3.8, 4) is 0 Å². The van der Waals surface area contributed by atoms with E-state index in [-0.39, 0.29) is 9.63 Å². The molecule has 0 aliphatic carbocycles. The summed E-state index contributed by atoms with van der Waals surface area (Å²) in [5.41, 5.74) is -0.544. The predicted octanol–water partition coefficient (Wildman–Crippen LogP) is 3.24. The number of Topliss-reactive ketones (excluding diaryl/α,β-unsaturated/α-hetero) is 1. The van der Waals surface area contributed by atoms with E-state index in [0.717, 1.165) is 12.3 Å². The van der Waals surface area contributed by atoms with Crippen LogP contribution in [0.25, 0.3) is 0 Å². The standard InChI is InChI=1S/C7H2BrClF3NO/c8-4-3(1-2-13-6(4)9)5(14)7(10,11)12/h1-2H. The van der Waals surface area contributed by atoms with Crippen molar-refractivity contribution in [2.45, 2.75) is 6.18 Å². The van der Waals surface area contributed by atoms with Gasteiger partial charge in [-0.2, -0.15) is 13.2 Å². The number of carbonyl (C=O) groups excluding carboxylic acids is 1. The molecule has 0 unspecified atom stereocenters. The third-order valence-corrected chi connectivity index (χ3v) is 2.67. The number of rotatable bonds is 1. The van der Waals surface area contributed by atoms with Gasteiger partial charge in [-0.3, -0.25) is 4.79 Å². The van der Waals surface area contributed by atoms with Crippen LogP contribution in [0.3, 0.4) is 0 Å². The molecule has 0 spiro atoms. The molecular weight excluding hydrogens is 286 g/mol. The van der Waals surface area contributed by atoms with Crippen molar-refractivity contribution in [3.63, 3.8) is 0 Å². The first-order valence-electron chi connectivity index (χ1n) is 3.25. The molecule has 0 amide bonds. The quantitative estimate of drug-likeness (QED) is 0.586. The van der Waals surface area contributed by atoms with Crippen LogP contribution < -0.4 is 0 Å². The SMILES string of the molecule is O=C(c1ccnc(Cl)c1Br)C(F)(F)F. The monoisotopic (exact) mass is 287 g/mol. The van der Waals surface area contributed by atoms with Crippen molar-refractivity contribution in [1.82, 2.24) is 4.98 Å². The Labute approximate surface area is 90.2 Å². The normalized spacial score (nSPS) is 11.5. The van der Waals surface area contributed by atoms with Gasteiger partial charge in [0.05, 0.1) is 4.47 Å². The minimum absolute atomic E-state index is 0.149. The molecule has 76 valence electrons. The highest BCUT2D eigenvalue weighted by Crippen LogP contribution is 2.29. The zero-order chi connectivity index (χ0) is 10.9. The summed E-state index contributed by atoms with van der Waals surface area (Å²) >= 11 is 8.19. The van der Waals surface area contributed by atoms with Crippen molar-refractivity contribution >= 4 is 33.3 Å². The summed E-state index contributed by atoms with van der Waals surface area (Å²) in [6.07, 6.45) is -3.88. The molecule has 0 N–H and O–H groups in total. The van der Waals surface area contributed by atoms with E-state index >= 15 is 0 Å². The number of hydrogen-bond acceptors (Lipinski definition) is 2. The highest BCUT2D eigenvalue weighted by molar-refractivity contribution is 9.10. The number of pyridine rings is 1. The molecule has 1 aromatic heterocycles. The van der Waals surface area contributed by atoms with E-state index in [0.29, 0.717) is 0 Å². The molecule has 0 bridgehead atoms. The number of halogens is 5. The average molecular weight is 288 g/mol. The molecule has 14 heavy (non-hydrogen) atoms. The Bertz CT molecular complexity index is 380. The first-order chi connectivity index (χ1) is 6.34. The van der Waals surface area contributed by atoms with Gasteiger partial charge in [-0.25, -0.2) is 4.98 Å². The van der Waals surface area contributed by atoms with Crippen LogP contribution in [-0.4, -0.2) is 16.9 Å². The number of hydrogen-bond donors (Lipinski definition) is 0. The van der Waals surface area contributed by atoms with Crippen LogP contribution in [0.2, 0.25) is 5.15 Å². The van der Waals surface area contributed by atoms with Gasteiger partial charge in [0.15, 0.2) is 0 Å². The summed E-state index contributed by atoms with van der Waals surface area (Å²) in [7, 11) is 0. The molecule has 0 aromatic carbocycles. The van der Waals surface area contributed by atoms with Crippen molar-refractivity contribution < 1.29 is 18.0 Å². The van der Waals surface area contributed by atoms with Gasteiger partial charge in [-0.05, 0) is 22.0 Å². The maximum atomic E-state index is 12.0. The van der Waals surface area contributed by atoms with E-state index < -0.39 is 17.5 Å². The van der Waals surface area contributed by atoms with E-state index in [1.54, 1.807) is 0 Å². The number of aromatic nitrogens is 1. The Kier molecular flexibility index (Phi) is 3.16. The molecule has 2 nitrogen and oxygen atoms in total. The fourth-order valence-electron chi connectivity index (χ4n) is 0.746. The second kappa shape index (κ2) is 3.86. The van der Waals surface area contributed by atoms with Crippen molar-refractivity contribution in [2.75, 3.05) is 0 Å². The van der Waals surface area contributed by atoms with E-state index in [1.807, 2.05) is 0 Å². The minimum atomic E-state index is -4.91. The van der Waals surface area contributed by atoms with Crippen LogP contribution in [0.4, 0.5) is 13.2 Å². The minimum Gasteiger partial charge on any atom is -0.284 e.